The highest BCUT2D eigenvalue weighted by atomic mass is 16.6. The summed E-state index contributed by atoms with van der Waals surface area (Å²) < 4.78 is 5.49. The number of Topliss-reactive ketones (excluding diaryl/α,β-unsaturated/α-hetero) is 1. The van der Waals surface area contributed by atoms with E-state index in [9.17, 15) is 24.0 Å². The quantitative estimate of drug-likeness (QED) is 0.221. The van der Waals surface area contributed by atoms with E-state index in [0.717, 1.165) is 32.1 Å². The highest BCUT2D eigenvalue weighted by Gasteiger charge is 2.69. The molecule has 4 amide bonds. The highest BCUT2D eigenvalue weighted by Crippen LogP contribution is 2.65. The molecule has 0 aromatic rings. The standard InChI is InChI=1S/C32H52N4O6/c1-8-10-16-22(26(37)28(39)33-17-9-2)34-27(38)25-24-21(32(24,6)7)19-36(25)29(40)23(18-20-14-12-11-13-15-20)35-30(41)42-31(3,4)5/h9,20-25H,2,8,10-19H2,1,3-7H3,(H,33,39)(H,34,38)(H,35,41)/t21-,22?,23-,24-,25-/m0/s1. The maximum Gasteiger partial charge on any atom is 0.408 e. The molecule has 0 radical (unpaired) electrons. The van der Waals surface area contributed by atoms with Crippen LogP contribution in [0.3, 0.4) is 0 Å². The second-order valence-electron chi connectivity index (χ2n) is 13.9. The van der Waals surface area contributed by atoms with Gasteiger partial charge in [0.2, 0.25) is 17.6 Å². The van der Waals surface area contributed by atoms with Crippen LogP contribution in [-0.4, -0.2) is 71.3 Å². The van der Waals surface area contributed by atoms with Crippen LogP contribution in [0.2, 0.25) is 0 Å². The van der Waals surface area contributed by atoms with Gasteiger partial charge in [-0.3, -0.25) is 19.2 Å². The summed E-state index contributed by atoms with van der Waals surface area (Å²) in [7, 11) is 0. The van der Waals surface area contributed by atoms with E-state index in [0.29, 0.717) is 31.7 Å². The van der Waals surface area contributed by atoms with Crippen LogP contribution in [0.15, 0.2) is 12.7 Å². The number of nitrogens with zero attached hydrogens (tertiary/aromatic N) is 1. The molecule has 236 valence electrons. The lowest BCUT2D eigenvalue weighted by Crippen LogP contribution is -2.58. The largest absolute Gasteiger partial charge is 0.444 e. The van der Waals surface area contributed by atoms with E-state index in [2.05, 4.69) is 36.4 Å². The molecular weight excluding hydrogens is 536 g/mol. The summed E-state index contributed by atoms with van der Waals surface area (Å²) in [4.78, 5) is 67.9. The number of amides is 4. The van der Waals surface area contributed by atoms with Crippen molar-refractivity contribution in [1.29, 1.82) is 0 Å². The minimum Gasteiger partial charge on any atom is -0.444 e. The third kappa shape index (κ3) is 8.34. The highest BCUT2D eigenvalue weighted by molar-refractivity contribution is 6.38. The molecule has 3 N–H and O–H groups in total. The maximum atomic E-state index is 14.2. The van der Waals surface area contributed by atoms with E-state index < -0.39 is 47.4 Å². The molecule has 0 bridgehead atoms. The van der Waals surface area contributed by atoms with Gasteiger partial charge < -0.3 is 25.6 Å². The molecule has 3 aliphatic rings. The molecule has 0 aromatic heterocycles. The number of unbranched alkanes of at least 4 members (excludes halogenated alkanes) is 1. The summed E-state index contributed by atoms with van der Waals surface area (Å²) in [5.41, 5.74) is -0.858. The van der Waals surface area contributed by atoms with Gasteiger partial charge in [0.25, 0.3) is 5.91 Å². The lowest BCUT2D eigenvalue weighted by Gasteiger charge is -2.35. The Morgan fingerprint density at radius 2 is 1.71 bits per heavy atom. The average Bonchev–Trinajstić information content (AvgIpc) is 3.23. The van der Waals surface area contributed by atoms with Crippen molar-refractivity contribution in [3.05, 3.63) is 12.7 Å². The van der Waals surface area contributed by atoms with Crippen LogP contribution < -0.4 is 16.0 Å². The molecular formula is C32H52N4O6. The molecule has 1 aliphatic heterocycles. The molecule has 5 atom stereocenters. The minimum absolute atomic E-state index is 0.0742. The van der Waals surface area contributed by atoms with Gasteiger partial charge in [-0.1, -0.05) is 71.8 Å². The third-order valence-electron chi connectivity index (χ3n) is 9.15. The van der Waals surface area contributed by atoms with Crippen molar-refractivity contribution in [1.82, 2.24) is 20.9 Å². The van der Waals surface area contributed by atoms with Crippen LogP contribution in [0.4, 0.5) is 4.79 Å². The van der Waals surface area contributed by atoms with Crippen LogP contribution in [0.25, 0.3) is 0 Å². The van der Waals surface area contributed by atoms with Gasteiger partial charge in [0.15, 0.2) is 0 Å². The zero-order chi connectivity index (χ0) is 31.2. The number of fused-ring (bicyclic) bond motifs is 1. The Hall–Kier alpha value is -2.91. The smallest absolute Gasteiger partial charge is 0.408 e. The average molecular weight is 589 g/mol. The molecule has 1 heterocycles. The first-order chi connectivity index (χ1) is 19.7. The lowest BCUT2D eigenvalue weighted by molar-refractivity contribution is -0.144. The van der Waals surface area contributed by atoms with E-state index >= 15 is 0 Å². The second-order valence-corrected chi connectivity index (χ2v) is 13.9. The van der Waals surface area contributed by atoms with Gasteiger partial charge in [0.1, 0.15) is 17.7 Å². The van der Waals surface area contributed by atoms with Gasteiger partial charge in [-0.2, -0.15) is 0 Å². The number of nitrogens with one attached hydrogen (secondary N) is 3. The van der Waals surface area contributed by atoms with Gasteiger partial charge >= 0.3 is 6.09 Å². The molecule has 42 heavy (non-hydrogen) atoms. The number of hydrogen-bond donors (Lipinski definition) is 3. The van der Waals surface area contributed by atoms with Crippen molar-refractivity contribution in [2.45, 2.75) is 123 Å². The fourth-order valence-corrected chi connectivity index (χ4v) is 6.79. The van der Waals surface area contributed by atoms with Gasteiger partial charge in [0.05, 0.1) is 6.04 Å². The molecule has 1 saturated heterocycles. The van der Waals surface area contributed by atoms with Crippen LogP contribution in [0, 0.1) is 23.2 Å². The molecule has 10 heteroatoms. The van der Waals surface area contributed by atoms with Crippen molar-refractivity contribution in [3.8, 4) is 0 Å². The van der Waals surface area contributed by atoms with Crippen molar-refractivity contribution in [2.75, 3.05) is 13.1 Å². The summed E-state index contributed by atoms with van der Waals surface area (Å²) in [5, 5.41) is 8.17. The van der Waals surface area contributed by atoms with Gasteiger partial charge in [0, 0.05) is 13.1 Å². The number of ketones is 1. The van der Waals surface area contributed by atoms with E-state index in [1.807, 2.05) is 6.92 Å². The molecule has 2 aliphatic carbocycles. The molecule has 10 nitrogen and oxygen atoms in total. The number of carbonyl (C=O) groups excluding carboxylic acids is 5. The van der Waals surface area contributed by atoms with E-state index in [4.69, 9.17) is 4.74 Å². The molecule has 2 saturated carbocycles. The maximum absolute atomic E-state index is 14.2. The number of piperidine rings is 1. The Kier molecular flexibility index (Phi) is 11.2. The lowest BCUT2D eigenvalue weighted by atomic mass is 9.84. The topological polar surface area (TPSA) is 134 Å². The van der Waals surface area contributed by atoms with Gasteiger partial charge in [-0.25, -0.2) is 4.79 Å². The number of rotatable bonds is 13. The van der Waals surface area contributed by atoms with Crippen LogP contribution in [-0.2, 0) is 23.9 Å². The van der Waals surface area contributed by atoms with Gasteiger partial charge in [-0.15, -0.1) is 6.58 Å². The Bertz CT molecular complexity index is 1030. The van der Waals surface area contributed by atoms with Crippen molar-refractivity contribution in [3.63, 3.8) is 0 Å². The first-order valence-corrected chi connectivity index (χ1v) is 15.7. The monoisotopic (exact) mass is 588 g/mol. The minimum atomic E-state index is -0.988. The summed E-state index contributed by atoms with van der Waals surface area (Å²) >= 11 is 0. The van der Waals surface area contributed by atoms with E-state index in [1.165, 1.54) is 12.5 Å². The van der Waals surface area contributed by atoms with Crippen molar-refractivity contribution >= 4 is 29.6 Å². The van der Waals surface area contributed by atoms with Crippen LogP contribution in [0.1, 0.15) is 99.3 Å². The predicted molar refractivity (Wildman–Crippen MR) is 160 cm³/mol. The zero-order valence-electron chi connectivity index (χ0n) is 26.4. The fraction of sp³-hybridized carbons (Fsp3) is 0.781. The summed E-state index contributed by atoms with van der Waals surface area (Å²) in [6.45, 7) is 15.6. The first kappa shape index (κ1) is 33.6. The Morgan fingerprint density at radius 1 is 1.05 bits per heavy atom. The van der Waals surface area contributed by atoms with Crippen LogP contribution >= 0.6 is 0 Å². The fourth-order valence-electron chi connectivity index (χ4n) is 6.79. The van der Waals surface area contributed by atoms with E-state index in [1.54, 1.807) is 25.7 Å². The third-order valence-corrected chi connectivity index (χ3v) is 9.15. The summed E-state index contributed by atoms with van der Waals surface area (Å²) in [6.07, 6.45) is 8.44. The van der Waals surface area contributed by atoms with E-state index in [-0.39, 0.29) is 29.7 Å². The first-order valence-electron chi connectivity index (χ1n) is 15.7. The number of carbonyl (C=O) groups is 5. The predicted octanol–water partition coefficient (Wildman–Crippen LogP) is 3.88. The molecule has 1 unspecified atom stereocenters. The Labute approximate surface area is 251 Å². The SMILES string of the molecule is C=CCNC(=O)C(=O)C(CCCC)NC(=O)[C@@H]1[C@@H]2[C@H](CN1C(=O)[C@H](CC1CCCCC1)NC(=O)OC(C)(C)C)C2(C)C. The Morgan fingerprint density at radius 3 is 2.31 bits per heavy atom. The summed E-state index contributed by atoms with van der Waals surface area (Å²) in [6, 6.07) is -2.60. The number of hydrogen-bond acceptors (Lipinski definition) is 6. The molecule has 3 rings (SSSR count). The summed E-state index contributed by atoms with van der Waals surface area (Å²) in [5.74, 6) is -1.84. The van der Waals surface area contributed by atoms with Crippen molar-refractivity contribution < 1.29 is 28.7 Å². The van der Waals surface area contributed by atoms with Crippen molar-refractivity contribution in [2.24, 2.45) is 23.2 Å². The normalized spacial score (nSPS) is 24.5. The molecule has 3 fully saturated rings. The number of likely N-dealkylation sites (tertiary alicyclic amines) is 1. The zero-order valence-corrected chi connectivity index (χ0v) is 26.4. The molecule has 0 spiro atoms. The number of ether oxygens (including phenoxy) is 1. The number of alkyl carbamates (subject to hydrolysis) is 1. The molecule has 0 aromatic carbocycles. The second kappa shape index (κ2) is 14.0. The Balaban J connectivity index is 1.83. The van der Waals surface area contributed by atoms with Gasteiger partial charge in [-0.05, 0) is 56.8 Å². The van der Waals surface area contributed by atoms with Crippen LogP contribution in [0.5, 0.6) is 0 Å².